The van der Waals surface area contributed by atoms with Crippen molar-refractivity contribution in [3.05, 3.63) is 0 Å². The van der Waals surface area contributed by atoms with Gasteiger partial charge < -0.3 is 9.59 Å². The van der Waals surface area contributed by atoms with Crippen LogP contribution in [0.4, 0.5) is 0 Å². The van der Waals surface area contributed by atoms with Gasteiger partial charge in [0.05, 0.1) is 0 Å². The van der Waals surface area contributed by atoms with Gasteiger partial charge in [0.2, 0.25) is 0 Å². The molecule has 0 radical (unpaired) electrons. The number of hydrogen-bond donors (Lipinski definition) is 0. The highest BCUT2D eigenvalue weighted by atomic mass is 16.1. The van der Waals surface area contributed by atoms with E-state index in [1.54, 1.807) is 0 Å². The summed E-state index contributed by atoms with van der Waals surface area (Å²) in [4.78, 5) is 21.2. The Morgan fingerprint density at radius 2 is 2.07 bits per heavy atom. The first-order valence-electron chi connectivity index (χ1n) is 5.58. The van der Waals surface area contributed by atoms with Gasteiger partial charge in [-0.1, -0.05) is 13.8 Å². The molecular weight excluding hydrogens is 176 g/mol. The van der Waals surface area contributed by atoms with Gasteiger partial charge in [-0.05, 0) is 37.0 Å². The van der Waals surface area contributed by atoms with E-state index in [1.807, 2.05) is 0 Å². The molecule has 0 aromatic carbocycles. The van der Waals surface area contributed by atoms with E-state index in [0.29, 0.717) is 24.2 Å². The van der Waals surface area contributed by atoms with Gasteiger partial charge >= 0.3 is 0 Å². The molecule has 0 aromatic rings. The van der Waals surface area contributed by atoms with Gasteiger partial charge in [-0.3, -0.25) is 0 Å². The fourth-order valence-corrected chi connectivity index (χ4v) is 2.44. The van der Waals surface area contributed by atoms with E-state index in [4.69, 9.17) is 0 Å². The SMILES string of the molecule is C[C@@H]1CC[C@H]([C@@H](C)CC=O)C[C@H]1C=O. The highest BCUT2D eigenvalue weighted by Gasteiger charge is 2.29. The molecule has 1 rings (SSSR count). The molecule has 0 spiro atoms. The van der Waals surface area contributed by atoms with Crippen LogP contribution in [0.15, 0.2) is 0 Å². The quantitative estimate of drug-likeness (QED) is 0.647. The average Bonchev–Trinajstić information content (AvgIpc) is 2.19. The average molecular weight is 196 g/mol. The number of hydrogen-bond acceptors (Lipinski definition) is 2. The molecule has 0 unspecified atom stereocenters. The van der Waals surface area contributed by atoms with Crippen LogP contribution in [0.5, 0.6) is 0 Å². The third kappa shape index (κ3) is 2.66. The Kier molecular flexibility index (Phi) is 4.30. The van der Waals surface area contributed by atoms with Crippen LogP contribution in [-0.2, 0) is 9.59 Å². The topological polar surface area (TPSA) is 34.1 Å². The minimum Gasteiger partial charge on any atom is -0.303 e. The van der Waals surface area contributed by atoms with Crippen molar-refractivity contribution < 1.29 is 9.59 Å². The van der Waals surface area contributed by atoms with Gasteiger partial charge in [-0.15, -0.1) is 0 Å². The van der Waals surface area contributed by atoms with E-state index in [0.717, 1.165) is 25.4 Å². The van der Waals surface area contributed by atoms with E-state index in [2.05, 4.69) is 13.8 Å². The molecule has 80 valence electrons. The lowest BCUT2D eigenvalue weighted by Crippen LogP contribution is -2.27. The summed E-state index contributed by atoms with van der Waals surface area (Å²) in [5.74, 6) is 1.78. The van der Waals surface area contributed by atoms with Crippen molar-refractivity contribution in [1.82, 2.24) is 0 Å². The van der Waals surface area contributed by atoms with Crippen LogP contribution in [-0.4, -0.2) is 12.6 Å². The second-order valence-electron chi connectivity index (χ2n) is 4.73. The lowest BCUT2D eigenvalue weighted by atomic mass is 9.71. The molecule has 0 saturated heterocycles. The van der Waals surface area contributed by atoms with E-state index in [9.17, 15) is 9.59 Å². The maximum absolute atomic E-state index is 10.8. The van der Waals surface area contributed by atoms with Crippen molar-refractivity contribution >= 4 is 12.6 Å². The van der Waals surface area contributed by atoms with Crippen LogP contribution in [0.3, 0.4) is 0 Å². The van der Waals surface area contributed by atoms with Crippen molar-refractivity contribution in [2.24, 2.45) is 23.7 Å². The summed E-state index contributed by atoms with van der Waals surface area (Å²) in [5.41, 5.74) is 0. The van der Waals surface area contributed by atoms with E-state index >= 15 is 0 Å². The van der Waals surface area contributed by atoms with E-state index < -0.39 is 0 Å². The van der Waals surface area contributed by atoms with Gasteiger partial charge in [0.25, 0.3) is 0 Å². The zero-order valence-electron chi connectivity index (χ0n) is 9.11. The van der Waals surface area contributed by atoms with Crippen LogP contribution in [0.1, 0.15) is 39.5 Å². The molecule has 0 aliphatic heterocycles. The van der Waals surface area contributed by atoms with Crippen LogP contribution in [0, 0.1) is 23.7 Å². The Balaban J connectivity index is 2.49. The molecule has 0 N–H and O–H groups in total. The predicted octanol–water partition coefficient (Wildman–Crippen LogP) is 2.46. The first kappa shape index (κ1) is 11.4. The Morgan fingerprint density at radius 1 is 1.36 bits per heavy atom. The van der Waals surface area contributed by atoms with Gasteiger partial charge in [0.15, 0.2) is 0 Å². The summed E-state index contributed by atoms with van der Waals surface area (Å²) in [6, 6.07) is 0. The van der Waals surface area contributed by atoms with Crippen LogP contribution in [0.25, 0.3) is 0 Å². The summed E-state index contributed by atoms with van der Waals surface area (Å²) in [5, 5.41) is 0. The lowest BCUT2D eigenvalue weighted by molar-refractivity contribution is -0.114. The molecule has 0 heterocycles. The van der Waals surface area contributed by atoms with Gasteiger partial charge in [-0.2, -0.15) is 0 Å². The fourth-order valence-electron chi connectivity index (χ4n) is 2.44. The normalized spacial score (nSPS) is 34.9. The third-order valence-corrected chi connectivity index (χ3v) is 3.75. The van der Waals surface area contributed by atoms with Crippen LogP contribution >= 0.6 is 0 Å². The Labute approximate surface area is 86.1 Å². The summed E-state index contributed by atoms with van der Waals surface area (Å²) in [6.45, 7) is 4.27. The molecule has 0 bridgehead atoms. The zero-order valence-corrected chi connectivity index (χ0v) is 9.11. The van der Waals surface area contributed by atoms with Gasteiger partial charge in [-0.25, -0.2) is 0 Å². The molecule has 2 heteroatoms. The third-order valence-electron chi connectivity index (χ3n) is 3.75. The van der Waals surface area contributed by atoms with Crippen molar-refractivity contribution in [3.63, 3.8) is 0 Å². The zero-order chi connectivity index (χ0) is 10.6. The minimum absolute atomic E-state index is 0.225. The fraction of sp³-hybridized carbons (Fsp3) is 0.833. The van der Waals surface area contributed by atoms with Crippen molar-refractivity contribution in [1.29, 1.82) is 0 Å². The molecule has 1 saturated carbocycles. The van der Waals surface area contributed by atoms with E-state index in [1.165, 1.54) is 6.42 Å². The van der Waals surface area contributed by atoms with Crippen LogP contribution < -0.4 is 0 Å². The summed E-state index contributed by atoms with van der Waals surface area (Å²) >= 11 is 0. The Bertz CT molecular complexity index is 200. The molecule has 1 aliphatic rings. The van der Waals surface area contributed by atoms with Gasteiger partial charge in [0.1, 0.15) is 12.6 Å². The molecule has 4 atom stereocenters. The van der Waals surface area contributed by atoms with E-state index in [-0.39, 0.29) is 5.92 Å². The predicted molar refractivity (Wildman–Crippen MR) is 55.9 cm³/mol. The molecular formula is C12H20O2. The lowest BCUT2D eigenvalue weighted by Gasteiger charge is -2.34. The highest BCUT2D eigenvalue weighted by Crippen LogP contribution is 2.37. The summed E-state index contributed by atoms with van der Waals surface area (Å²) in [7, 11) is 0. The Hall–Kier alpha value is -0.660. The van der Waals surface area contributed by atoms with Crippen molar-refractivity contribution in [2.75, 3.05) is 0 Å². The van der Waals surface area contributed by atoms with Crippen LogP contribution in [0.2, 0.25) is 0 Å². The molecule has 14 heavy (non-hydrogen) atoms. The highest BCUT2D eigenvalue weighted by molar-refractivity contribution is 5.54. The number of aldehydes is 2. The number of rotatable bonds is 4. The largest absolute Gasteiger partial charge is 0.303 e. The summed E-state index contributed by atoms with van der Waals surface area (Å²) < 4.78 is 0. The maximum atomic E-state index is 10.8. The smallest absolute Gasteiger partial charge is 0.123 e. The van der Waals surface area contributed by atoms with Crippen molar-refractivity contribution in [2.45, 2.75) is 39.5 Å². The molecule has 0 aromatic heterocycles. The molecule has 0 amide bonds. The number of carbonyl (C=O) groups is 2. The first-order chi connectivity index (χ1) is 6.69. The maximum Gasteiger partial charge on any atom is 0.123 e. The molecule has 1 fully saturated rings. The summed E-state index contributed by atoms with van der Waals surface area (Å²) in [6.07, 6.45) is 6.05. The molecule has 1 aliphatic carbocycles. The standard InChI is InChI=1S/C12H20O2/c1-9-3-4-11(7-12(9)8-14)10(2)5-6-13/h6,8-12H,3-5,7H2,1-2H3/t9-,10+,11+,12+/m1/s1. The number of carbonyl (C=O) groups excluding carboxylic acids is 2. The second-order valence-corrected chi connectivity index (χ2v) is 4.73. The van der Waals surface area contributed by atoms with Crippen molar-refractivity contribution in [3.8, 4) is 0 Å². The second kappa shape index (κ2) is 5.28. The monoisotopic (exact) mass is 196 g/mol. The molecule has 2 nitrogen and oxygen atoms in total. The Morgan fingerprint density at radius 3 is 2.64 bits per heavy atom. The van der Waals surface area contributed by atoms with Gasteiger partial charge in [0, 0.05) is 12.3 Å². The first-order valence-corrected chi connectivity index (χ1v) is 5.58. The minimum atomic E-state index is 0.225.